The highest BCUT2D eigenvalue weighted by Gasteiger charge is 2.47. The lowest BCUT2D eigenvalue weighted by atomic mass is 9.79. The third-order valence-electron chi connectivity index (χ3n) is 7.03. The van der Waals surface area contributed by atoms with Gasteiger partial charge >= 0.3 is 0 Å². The van der Waals surface area contributed by atoms with E-state index >= 15 is 0 Å². The standard InChI is InChI=1S/C23H25N3O5S2/c27-11-16-20(18(32)9-24-16)23(29)22-21(19(33)10-25-22)17(28)6-2-12-1-3-14-8-15(26(30)31)5-4-13(14)7-12/h4-5,8,11-12,16,20-22,24-25H,1-3,6-7,9-10H2/t12?,16-,20?,21?,22+/m1/s1. The van der Waals surface area contributed by atoms with Gasteiger partial charge in [0.1, 0.15) is 12.1 Å². The molecule has 2 fully saturated rings. The number of nitrogens with one attached hydrogen (secondary N) is 2. The molecule has 174 valence electrons. The Bertz CT molecular complexity index is 1040. The lowest BCUT2D eigenvalue weighted by Gasteiger charge is -2.25. The first-order chi connectivity index (χ1) is 15.8. The van der Waals surface area contributed by atoms with Crippen molar-refractivity contribution in [3.8, 4) is 0 Å². The van der Waals surface area contributed by atoms with Crippen molar-refractivity contribution in [3.05, 3.63) is 39.4 Å². The molecule has 10 heteroatoms. The average Bonchev–Trinajstić information content (AvgIpc) is 3.38. The first-order valence-electron chi connectivity index (χ1n) is 11.1. The van der Waals surface area contributed by atoms with Crippen LogP contribution >= 0.6 is 24.4 Å². The van der Waals surface area contributed by atoms with Crippen LogP contribution in [0, 0.1) is 27.9 Å². The van der Waals surface area contributed by atoms with Crippen molar-refractivity contribution in [2.75, 3.05) is 13.1 Å². The van der Waals surface area contributed by atoms with Crippen molar-refractivity contribution < 1.29 is 19.3 Å². The van der Waals surface area contributed by atoms with E-state index in [1.165, 1.54) is 6.07 Å². The number of aldehydes is 1. The summed E-state index contributed by atoms with van der Waals surface area (Å²) in [6, 6.07) is 3.58. The fourth-order valence-electron chi connectivity index (χ4n) is 5.24. The second kappa shape index (κ2) is 9.92. The van der Waals surface area contributed by atoms with E-state index in [0.29, 0.717) is 47.9 Å². The van der Waals surface area contributed by atoms with Crippen molar-refractivity contribution >= 4 is 57.7 Å². The summed E-state index contributed by atoms with van der Waals surface area (Å²) in [7, 11) is 0. The molecule has 3 aliphatic rings. The summed E-state index contributed by atoms with van der Waals surface area (Å²) in [5.74, 6) is -1.40. The molecule has 4 rings (SSSR count). The normalized spacial score (nSPS) is 29.0. The number of carbonyl (C=O) groups is 3. The Morgan fingerprint density at radius 1 is 1.12 bits per heavy atom. The third-order valence-corrected chi connectivity index (χ3v) is 7.83. The van der Waals surface area contributed by atoms with Gasteiger partial charge in [0.05, 0.1) is 28.8 Å². The Kier molecular flexibility index (Phi) is 7.18. The highest BCUT2D eigenvalue weighted by Crippen LogP contribution is 2.32. The number of Topliss-reactive ketones (excluding diaryl/α,β-unsaturated/α-hetero) is 2. The molecule has 2 aliphatic heterocycles. The number of ketones is 2. The summed E-state index contributed by atoms with van der Waals surface area (Å²) < 4.78 is 0. The summed E-state index contributed by atoms with van der Waals surface area (Å²) in [6.07, 6.45) is 4.07. The molecule has 1 aromatic carbocycles. The van der Waals surface area contributed by atoms with E-state index in [1.54, 1.807) is 6.07 Å². The quantitative estimate of drug-likeness (QED) is 0.245. The fraction of sp³-hybridized carbons (Fsp3) is 0.522. The molecule has 0 amide bonds. The van der Waals surface area contributed by atoms with Crippen LogP contribution in [0.2, 0.25) is 0 Å². The molecule has 8 nitrogen and oxygen atoms in total. The Morgan fingerprint density at radius 2 is 1.85 bits per heavy atom. The monoisotopic (exact) mass is 487 g/mol. The number of rotatable bonds is 8. The van der Waals surface area contributed by atoms with Crippen LogP contribution in [-0.2, 0) is 27.2 Å². The highest BCUT2D eigenvalue weighted by molar-refractivity contribution is 7.80. The number of hydrogen-bond acceptors (Lipinski definition) is 9. The summed E-state index contributed by atoms with van der Waals surface area (Å²) >= 11 is 10.7. The van der Waals surface area contributed by atoms with Gasteiger partial charge in [-0.15, -0.1) is 0 Å². The van der Waals surface area contributed by atoms with E-state index in [1.807, 2.05) is 6.07 Å². The van der Waals surface area contributed by atoms with Gasteiger partial charge in [-0.05, 0) is 42.7 Å². The maximum Gasteiger partial charge on any atom is 0.269 e. The van der Waals surface area contributed by atoms with E-state index in [2.05, 4.69) is 10.6 Å². The highest BCUT2D eigenvalue weighted by atomic mass is 32.1. The number of nitro benzene ring substituents is 1. The number of fused-ring (bicyclic) bond motifs is 1. The summed E-state index contributed by atoms with van der Waals surface area (Å²) in [6.45, 7) is 0.646. The Balaban J connectivity index is 1.39. The number of hydrogen-bond donors (Lipinski definition) is 2. The van der Waals surface area contributed by atoms with Crippen molar-refractivity contribution in [2.45, 2.75) is 44.2 Å². The summed E-state index contributed by atoms with van der Waals surface area (Å²) in [4.78, 5) is 49.3. The number of thiocarbonyl (C=S) groups is 2. The zero-order chi connectivity index (χ0) is 23.7. The molecule has 0 spiro atoms. The number of aryl methyl sites for hydroxylation is 1. The van der Waals surface area contributed by atoms with Crippen LogP contribution in [0.5, 0.6) is 0 Å². The topological polar surface area (TPSA) is 118 Å². The van der Waals surface area contributed by atoms with Gasteiger partial charge in [-0.2, -0.15) is 0 Å². The molecule has 2 heterocycles. The molecule has 0 bridgehead atoms. The van der Waals surface area contributed by atoms with E-state index in [0.717, 1.165) is 30.4 Å². The smallest absolute Gasteiger partial charge is 0.269 e. The Hall–Kier alpha value is -2.27. The zero-order valence-corrected chi connectivity index (χ0v) is 19.6. The molecule has 5 atom stereocenters. The van der Waals surface area contributed by atoms with Gasteiger partial charge in [0.2, 0.25) is 0 Å². The number of nitro groups is 1. The van der Waals surface area contributed by atoms with Crippen molar-refractivity contribution in [1.29, 1.82) is 0 Å². The van der Waals surface area contributed by atoms with Crippen LogP contribution < -0.4 is 10.6 Å². The first-order valence-corrected chi connectivity index (χ1v) is 11.9. The minimum absolute atomic E-state index is 0.0580. The fourth-order valence-corrected chi connectivity index (χ4v) is 5.93. The van der Waals surface area contributed by atoms with Gasteiger partial charge in [0.25, 0.3) is 5.69 Å². The molecular formula is C23H25N3O5S2. The molecule has 0 radical (unpaired) electrons. The van der Waals surface area contributed by atoms with Crippen LogP contribution in [-0.4, -0.2) is 57.7 Å². The molecule has 2 N–H and O–H groups in total. The van der Waals surface area contributed by atoms with Crippen molar-refractivity contribution in [1.82, 2.24) is 10.6 Å². The molecule has 1 aliphatic carbocycles. The van der Waals surface area contributed by atoms with Gasteiger partial charge in [0.15, 0.2) is 5.78 Å². The average molecular weight is 488 g/mol. The van der Waals surface area contributed by atoms with Crippen LogP contribution in [0.25, 0.3) is 0 Å². The van der Waals surface area contributed by atoms with Crippen molar-refractivity contribution in [2.24, 2.45) is 17.8 Å². The molecule has 1 aromatic rings. The van der Waals surface area contributed by atoms with E-state index in [-0.39, 0.29) is 22.2 Å². The van der Waals surface area contributed by atoms with Gasteiger partial charge in [0, 0.05) is 41.4 Å². The summed E-state index contributed by atoms with van der Waals surface area (Å²) in [5.41, 5.74) is 2.20. The van der Waals surface area contributed by atoms with Gasteiger partial charge in [-0.25, -0.2) is 0 Å². The van der Waals surface area contributed by atoms with Gasteiger partial charge in [-0.3, -0.25) is 19.7 Å². The Morgan fingerprint density at radius 3 is 2.58 bits per heavy atom. The minimum atomic E-state index is -0.747. The molecular weight excluding hydrogens is 462 g/mol. The third kappa shape index (κ3) is 4.84. The lowest BCUT2D eigenvalue weighted by Crippen LogP contribution is -2.47. The second-order valence-corrected chi connectivity index (χ2v) is 10.1. The van der Waals surface area contributed by atoms with Gasteiger partial charge in [-0.1, -0.05) is 30.5 Å². The Labute approximate surface area is 202 Å². The number of nitrogens with zero attached hydrogens (tertiary/aromatic N) is 1. The van der Waals surface area contributed by atoms with E-state index in [9.17, 15) is 24.5 Å². The number of carbonyl (C=O) groups excluding carboxylic acids is 3. The zero-order valence-electron chi connectivity index (χ0n) is 18.0. The van der Waals surface area contributed by atoms with Gasteiger partial charge < -0.3 is 15.4 Å². The van der Waals surface area contributed by atoms with Crippen LogP contribution in [0.15, 0.2) is 18.2 Å². The van der Waals surface area contributed by atoms with Crippen molar-refractivity contribution in [3.63, 3.8) is 0 Å². The minimum Gasteiger partial charge on any atom is -0.302 e. The SMILES string of the molecule is O=C[C@H]1NCC(=S)C1C(=O)[C@H]1NCC(=S)C1C(=O)CCC1CCc2cc([N+](=O)[O-])ccc2C1. The van der Waals surface area contributed by atoms with Crippen LogP contribution in [0.1, 0.15) is 30.4 Å². The molecule has 2 saturated heterocycles. The maximum absolute atomic E-state index is 13.2. The van der Waals surface area contributed by atoms with Crippen LogP contribution in [0.3, 0.4) is 0 Å². The summed E-state index contributed by atoms with van der Waals surface area (Å²) in [5, 5.41) is 17.0. The maximum atomic E-state index is 13.2. The first kappa shape index (κ1) is 23.9. The second-order valence-electron chi connectivity index (χ2n) is 9.02. The predicted octanol–water partition coefficient (Wildman–Crippen LogP) is 1.73. The van der Waals surface area contributed by atoms with E-state index < -0.39 is 23.9 Å². The predicted molar refractivity (Wildman–Crippen MR) is 130 cm³/mol. The number of benzene rings is 1. The largest absolute Gasteiger partial charge is 0.302 e. The lowest BCUT2D eigenvalue weighted by molar-refractivity contribution is -0.384. The molecule has 0 saturated carbocycles. The molecule has 0 aromatic heterocycles. The number of non-ortho nitro benzene ring substituents is 1. The van der Waals surface area contributed by atoms with E-state index in [4.69, 9.17) is 24.4 Å². The molecule has 3 unspecified atom stereocenters. The van der Waals surface area contributed by atoms with Crippen LogP contribution in [0.4, 0.5) is 5.69 Å². The molecule has 33 heavy (non-hydrogen) atoms.